The summed E-state index contributed by atoms with van der Waals surface area (Å²) in [7, 11) is 0. The average molecular weight is 816 g/mol. The van der Waals surface area contributed by atoms with Gasteiger partial charge in [0.1, 0.15) is 5.78 Å². The summed E-state index contributed by atoms with van der Waals surface area (Å²) in [5, 5.41) is 9.50. The van der Waals surface area contributed by atoms with Crippen LogP contribution in [0.5, 0.6) is 0 Å². The predicted molar refractivity (Wildman–Crippen MR) is 239 cm³/mol. The lowest BCUT2D eigenvalue weighted by atomic mass is 9.95. The first kappa shape index (κ1) is 45.9. The zero-order valence-electron chi connectivity index (χ0n) is 36.0. The molecule has 5 rings (SSSR count). The van der Waals surface area contributed by atoms with E-state index >= 15 is 0 Å². The SMILES string of the molecule is C[C@H](CC(=O)CN1CCN(CC(=O)N[C@@H](C)c2ccccc2)CCN(CC(=O)N[C@@H](C)c2ccccc2)CCN(CC(=O)N[C@@H](C)c2ccccc2)CC1)c1ccccc1. The minimum Gasteiger partial charge on any atom is -0.348 e. The topological polar surface area (TPSA) is 117 Å². The van der Waals surface area contributed by atoms with Crippen LogP contribution in [0.15, 0.2) is 121 Å². The summed E-state index contributed by atoms with van der Waals surface area (Å²) < 4.78 is 0. The fourth-order valence-electron chi connectivity index (χ4n) is 7.71. The zero-order valence-corrected chi connectivity index (χ0v) is 36.0. The molecule has 1 aliphatic heterocycles. The minimum atomic E-state index is -0.158. The Morgan fingerprint density at radius 2 is 0.650 bits per heavy atom. The molecule has 4 atom stereocenters. The second kappa shape index (κ2) is 24.2. The number of amides is 3. The van der Waals surface area contributed by atoms with Crippen LogP contribution in [0.4, 0.5) is 0 Å². The molecule has 1 saturated heterocycles. The van der Waals surface area contributed by atoms with Gasteiger partial charge in [0, 0.05) is 58.8 Å². The molecule has 0 radical (unpaired) electrons. The highest BCUT2D eigenvalue weighted by Gasteiger charge is 2.24. The van der Waals surface area contributed by atoms with E-state index in [1.807, 2.05) is 130 Å². The Hall–Kier alpha value is -5.20. The number of hydrogen-bond donors (Lipinski definition) is 3. The van der Waals surface area contributed by atoms with Gasteiger partial charge in [0.25, 0.3) is 0 Å². The predicted octanol–water partition coefficient (Wildman–Crippen LogP) is 5.60. The van der Waals surface area contributed by atoms with Gasteiger partial charge in [-0.05, 0) is 48.9 Å². The molecule has 0 saturated carbocycles. The summed E-state index contributed by atoms with van der Waals surface area (Å²) in [5.74, 6) is -0.0120. The van der Waals surface area contributed by atoms with Crippen LogP contribution in [-0.2, 0) is 19.2 Å². The monoisotopic (exact) mass is 816 g/mol. The summed E-state index contributed by atoms with van der Waals surface area (Å²) in [4.78, 5) is 62.9. The molecule has 1 fully saturated rings. The molecule has 4 aromatic carbocycles. The number of carbonyl (C=O) groups excluding carboxylic acids is 4. The Morgan fingerprint density at radius 3 is 0.933 bits per heavy atom. The second-order valence-corrected chi connectivity index (χ2v) is 16.3. The molecule has 1 aliphatic rings. The van der Waals surface area contributed by atoms with Gasteiger partial charge in [-0.2, -0.15) is 0 Å². The molecule has 4 aromatic rings. The number of nitrogens with zero attached hydrogens (tertiary/aromatic N) is 4. The van der Waals surface area contributed by atoms with Gasteiger partial charge in [-0.25, -0.2) is 0 Å². The Bertz CT molecular complexity index is 1610. The van der Waals surface area contributed by atoms with Crippen LogP contribution in [-0.4, -0.2) is 122 Å². The highest BCUT2D eigenvalue weighted by atomic mass is 16.2. The van der Waals surface area contributed by atoms with Gasteiger partial charge < -0.3 is 16.0 Å². The van der Waals surface area contributed by atoms with Crippen molar-refractivity contribution in [2.24, 2.45) is 0 Å². The number of ketones is 1. The number of Topliss-reactive ketones (excluding diaryl/α,β-unsaturated/α-hetero) is 1. The van der Waals surface area contributed by atoms with E-state index in [9.17, 15) is 19.2 Å². The minimum absolute atomic E-state index is 0.0827. The Kier molecular flexibility index (Phi) is 18.5. The van der Waals surface area contributed by atoms with Crippen molar-refractivity contribution < 1.29 is 19.2 Å². The first-order valence-corrected chi connectivity index (χ1v) is 21.5. The lowest BCUT2D eigenvalue weighted by molar-refractivity contribution is -0.125. The Balaban J connectivity index is 1.32. The summed E-state index contributed by atoms with van der Waals surface area (Å²) >= 11 is 0. The molecule has 1 heterocycles. The van der Waals surface area contributed by atoms with Crippen LogP contribution in [0.2, 0.25) is 0 Å². The fourth-order valence-corrected chi connectivity index (χ4v) is 7.71. The van der Waals surface area contributed by atoms with Crippen LogP contribution in [0, 0.1) is 0 Å². The third-order valence-electron chi connectivity index (χ3n) is 11.4. The van der Waals surface area contributed by atoms with Crippen molar-refractivity contribution in [3.63, 3.8) is 0 Å². The van der Waals surface area contributed by atoms with E-state index < -0.39 is 0 Å². The number of benzene rings is 4. The van der Waals surface area contributed by atoms with Crippen LogP contribution in [0.3, 0.4) is 0 Å². The van der Waals surface area contributed by atoms with Crippen molar-refractivity contribution in [3.8, 4) is 0 Å². The summed E-state index contributed by atoms with van der Waals surface area (Å²) in [5.41, 5.74) is 4.23. The highest BCUT2D eigenvalue weighted by molar-refractivity contribution is 5.81. The van der Waals surface area contributed by atoms with E-state index in [4.69, 9.17) is 0 Å². The molecular formula is C49H65N7O4. The van der Waals surface area contributed by atoms with Gasteiger partial charge in [-0.3, -0.25) is 38.8 Å². The summed E-state index contributed by atoms with van der Waals surface area (Å²) in [6.07, 6.45) is 0.424. The van der Waals surface area contributed by atoms with Crippen molar-refractivity contribution in [2.45, 2.75) is 58.2 Å². The third kappa shape index (κ3) is 15.8. The molecule has 320 valence electrons. The van der Waals surface area contributed by atoms with Gasteiger partial charge in [0.05, 0.1) is 44.3 Å². The Labute approximate surface area is 357 Å². The number of rotatable bonds is 17. The molecule has 3 N–H and O–H groups in total. The van der Waals surface area contributed by atoms with E-state index in [0.717, 1.165) is 22.3 Å². The van der Waals surface area contributed by atoms with E-state index in [0.29, 0.717) is 58.8 Å². The largest absolute Gasteiger partial charge is 0.348 e. The number of nitrogens with one attached hydrogen (secondary N) is 3. The zero-order chi connectivity index (χ0) is 42.7. The van der Waals surface area contributed by atoms with Crippen LogP contribution < -0.4 is 16.0 Å². The molecule has 0 spiro atoms. The first-order chi connectivity index (χ1) is 29.0. The van der Waals surface area contributed by atoms with Gasteiger partial charge in [-0.1, -0.05) is 128 Å². The van der Waals surface area contributed by atoms with Gasteiger partial charge in [-0.15, -0.1) is 0 Å². The highest BCUT2D eigenvalue weighted by Crippen LogP contribution is 2.19. The van der Waals surface area contributed by atoms with Gasteiger partial charge in [0.2, 0.25) is 17.7 Å². The number of hydrogen-bond acceptors (Lipinski definition) is 8. The summed E-state index contributed by atoms with van der Waals surface area (Å²) in [6, 6.07) is 39.4. The smallest absolute Gasteiger partial charge is 0.234 e. The van der Waals surface area contributed by atoms with Gasteiger partial charge >= 0.3 is 0 Å². The molecule has 0 unspecified atom stereocenters. The lowest BCUT2D eigenvalue weighted by Gasteiger charge is -2.34. The van der Waals surface area contributed by atoms with Crippen LogP contribution in [0.1, 0.15) is 80.4 Å². The average Bonchev–Trinajstić information content (AvgIpc) is 3.25. The normalized spacial score (nSPS) is 17.2. The standard InChI is InChI=1S/C49H65N7O4/c1-38(42-17-9-5-10-18-42)33-46(57)34-53-25-27-54(35-47(58)50-39(2)43-19-11-6-12-20-43)29-31-56(37-49(60)52-41(4)45-23-15-8-16-24-45)32-30-55(28-26-53)36-48(59)51-40(3)44-21-13-7-14-22-44/h5-24,38-41H,25-37H2,1-4H3,(H,50,58)(H,51,59)(H,52,60)/t38-,39+,40+,41+/m1/s1. The van der Waals surface area contributed by atoms with E-state index in [-0.39, 0.29) is 73.7 Å². The molecule has 11 heteroatoms. The molecule has 0 aromatic heterocycles. The van der Waals surface area contributed by atoms with Crippen molar-refractivity contribution in [1.82, 2.24) is 35.6 Å². The van der Waals surface area contributed by atoms with Crippen LogP contribution in [0.25, 0.3) is 0 Å². The number of carbonyl (C=O) groups is 4. The van der Waals surface area contributed by atoms with Crippen LogP contribution >= 0.6 is 0 Å². The first-order valence-electron chi connectivity index (χ1n) is 21.5. The van der Waals surface area contributed by atoms with E-state index in [1.165, 1.54) is 0 Å². The summed E-state index contributed by atoms with van der Waals surface area (Å²) in [6.45, 7) is 13.2. The molecule has 3 amide bonds. The lowest BCUT2D eigenvalue weighted by Crippen LogP contribution is -2.51. The van der Waals surface area contributed by atoms with E-state index in [2.05, 4.69) is 54.6 Å². The van der Waals surface area contributed by atoms with Gasteiger partial charge in [0.15, 0.2) is 0 Å². The maximum absolute atomic E-state index is 13.7. The molecule has 0 aliphatic carbocycles. The molecular weight excluding hydrogens is 751 g/mol. The van der Waals surface area contributed by atoms with Crippen molar-refractivity contribution in [3.05, 3.63) is 144 Å². The van der Waals surface area contributed by atoms with Crippen molar-refractivity contribution in [1.29, 1.82) is 0 Å². The second-order valence-electron chi connectivity index (χ2n) is 16.3. The van der Waals surface area contributed by atoms with E-state index in [1.54, 1.807) is 0 Å². The maximum Gasteiger partial charge on any atom is 0.234 e. The Morgan fingerprint density at radius 1 is 0.400 bits per heavy atom. The quantitative estimate of drug-likeness (QED) is 0.126. The molecule has 60 heavy (non-hydrogen) atoms. The maximum atomic E-state index is 13.7. The third-order valence-corrected chi connectivity index (χ3v) is 11.4. The molecule has 11 nitrogen and oxygen atoms in total. The fraction of sp³-hybridized carbons (Fsp3) is 0.429. The van der Waals surface area contributed by atoms with Crippen molar-refractivity contribution in [2.75, 3.05) is 78.5 Å². The van der Waals surface area contributed by atoms with Crippen molar-refractivity contribution >= 4 is 23.5 Å². The molecule has 0 bridgehead atoms.